The lowest BCUT2D eigenvalue weighted by molar-refractivity contribution is -0.153. The molecule has 0 amide bonds. The van der Waals surface area contributed by atoms with Crippen LogP contribution in [0.4, 0.5) is 32.1 Å². The van der Waals surface area contributed by atoms with E-state index in [4.69, 9.17) is 28.9 Å². The number of piperazine rings is 2. The van der Waals surface area contributed by atoms with Crippen LogP contribution in [0.5, 0.6) is 11.5 Å². The first-order valence-electron chi connectivity index (χ1n) is 21.5. The highest BCUT2D eigenvalue weighted by Crippen LogP contribution is 2.34. The SMILES string of the molecule is CCCC(NC1=Nc2ccccc2OC1OC(=O)/C=C/C(=O)OC1Oc2ccccc2N=C1NC(CCC)N1CCN(c2ncc(F)cn2)CC1)N1CCN(c2ncc(F)cn2)CC1. The van der Waals surface area contributed by atoms with Crippen LogP contribution >= 0.6 is 0 Å². The van der Waals surface area contributed by atoms with Crippen LogP contribution in [0.1, 0.15) is 39.5 Å². The van der Waals surface area contributed by atoms with Gasteiger partial charge in [0, 0.05) is 64.5 Å². The standard InChI is InChI=1S/C44H50F2N12O6/c1-3-9-35(55-17-21-57(22-18-55)43-47-25-29(45)26-48-43)53-39-41(61-33-13-7-5-11-31(33)51-39)63-37(59)15-16-38(60)64-42-40(52-32-12-6-8-14-34(32)62-42)54-36(10-4-2)56-19-23-58(24-20-56)44-49-27-30(46)28-50-44/h5-8,11-16,25-28,35-36,41-42H,3-4,9-10,17-24H2,1-2H3,(H,51,53)(H,52,54)/b16-15+. The number of aliphatic imine (C=N–C) groups is 2. The van der Waals surface area contributed by atoms with Crippen molar-refractivity contribution in [2.75, 3.05) is 62.2 Å². The quantitative estimate of drug-likeness (QED) is 0.134. The Morgan fingerprint density at radius 3 is 1.39 bits per heavy atom. The van der Waals surface area contributed by atoms with Crippen molar-refractivity contribution in [3.8, 4) is 11.5 Å². The Balaban J connectivity index is 0.908. The molecular formula is C44H50F2N12O6. The number of ether oxygens (including phenoxy) is 4. The molecule has 2 N–H and O–H groups in total. The molecule has 4 unspecified atom stereocenters. The highest BCUT2D eigenvalue weighted by atomic mass is 19.1. The summed E-state index contributed by atoms with van der Waals surface area (Å²) in [5.74, 6) is -0.351. The molecular weight excluding hydrogens is 831 g/mol. The molecule has 2 aromatic carbocycles. The summed E-state index contributed by atoms with van der Waals surface area (Å²) in [6.45, 7) is 9.25. The normalized spacial score (nSPS) is 19.8. The summed E-state index contributed by atoms with van der Waals surface area (Å²) in [5.41, 5.74) is 1.13. The van der Waals surface area contributed by atoms with Gasteiger partial charge in [0.25, 0.3) is 0 Å². The number of anilines is 2. The average Bonchev–Trinajstić information content (AvgIpc) is 3.31. The Labute approximate surface area is 369 Å². The van der Waals surface area contributed by atoms with Crippen LogP contribution in [-0.4, -0.2) is 131 Å². The molecule has 0 saturated carbocycles. The lowest BCUT2D eigenvalue weighted by Gasteiger charge is -2.40. The second kappa shape index (κ2) is 20.6. The summed E-state index contributed by atoms with van der Waals surface area (Å²) >= 11 is 0. The number of carbonyl (C=O) groups excluding carboxylic acids is 2. The van der Waals surface area contributed by atoms with Crippen molar-refractivity contribution in [3.63, 3.8) is 0 Å². The fourth-order valence-electron chi connectivity index (χ4n) is 7.78. The first kappa shape index (κ1) is 43.8. The van der Waals surface area contributed by atoms with Crippen molar-refractivity contribution in [1.29, 1.82) is 0 Å². The first-order chi connectivity index (χ1) is 31.2. The van der Waals surface area contributed by atoms with Crippen molar-refractivity contribution in [1.82, 2.24) is 40.4 Å². The summed E-state index contributed by atoms with van der Waals surface area (Å²) < 4.78 is 50.8. The predicted octanol–water partition coefficient (Wildman–Crippen LogP) is 4.46. The number of rotatable bonds is 14. The van der Waals surface area contributed by atoms with Crippen molar-refractivity contribution in [3.05, 3.63) is 97.1 Å². The second-order valence-electron chi connectivity index (χ2n) is 15.4. The van der Waals surface area contributed by atoms with Crippen LogP contribution < -0.4 is 29.9 Å². The molecule has 4 atom stereocenters. The van der Waals surface area contributed by atoms with Gasteiger partial charge in [-0.3, -0.25) is 9.80 Å². The van der Waals surface area contributed by atoms with Gasteiger partial charge < -0.3 is 39.4 Å². The van der Waals surface area contributed by atoms with E-state index >= 15 is 0 Å². The molecule has 8 rings (SSSR count). The lowest BCUT2D eigenvalue weighted by atomic mass is 10.2. The maximum absolute atomic E-state index is 13.4. The van der Waals surface area contributed by atoms with Crippen molar-refractivity contribution < 1.29 is 37.3 Å². The maximum atomic E-state index is 13.4. The zero-order chi connectivity index (χ0) is 44.4. The molecule has 336 valence electrons. The number of amidine groups is 2. The number of carbonyl (C=O) groups is 2. The minimum Gasteiger partial charge on any atom is -0.445 e. The molecule has 6 heterocycles. The van der Waals surface area contributed by atoms with E-state index in [9.17, 15) is 18.4 Å². The van der Waals surface area contributed by atoms with E-state index in [0.717, 1.165) is 62.6 Å². The van der Waals surface area contributed by atoms with E-state index in [1.807, 2.05) is 21.9 Å². The predicted molar refractivity (Wildman–Crippen MR) is 232 cm³/mol. The number of esters is 2. The molecule has 64 heavy (non-hydrogen) atoms. The van der Waals surface area contributed by atoms with E-state index in [0.29, 0.717) is 98.8 Å². The van der Waals surface area contributed by atoms with Gasteiger partial charge in [-0.05, 0) is 37.1 Å². The number of fused-ring (bicyclic) bond motifs is 2. The smallest absolute Gasteiger partial charge is 0.334 e. The average molecular weight is 881 g/mol. The number of benzene rings is 2. The van der Waals surface area contributed by atoms with Gasteiger partial charge in [-0.1, -0.05) is 51.0 Å². The lowest BCUT2D eigenvalue weighted by Crippen LogP contribution is -2.58. The summed E-state index contributed by atoms with van der Waals surface area (Å²) in [6, 6.07) is 14.3. The number of nitrogens with zero attached hydrogens (tertiary/aromatic N) is 10. The number of nitrogens with one attached hydrogen (secondary N) is 2. The summed E-state index contributed by atoms with van der Waals surface area (Å²) in [6.07, 6.45) is 6.88. The molecule has 2 fully saturated rings. The molecule has 0 spiro atoms. The van der Waals surface area contributed by atoms with Gasteiger partial charge in [-0.15, -0.1) is 0 Å². The molecule has 4 aromatic rings. The maximum Gasteiger partial charge on any atom is 0.334 e. The molecule has 0 radical (unpaired) electrons. The van der Waals surface area contributed by atoms with Gasteiger partial charge in [0.05, 0.1) is 37.1 Å². The van der Waals surface area contributed by atoms with Gasteiger partial charge in [-0.2, -0.15) is 0 Å². The number of hydrogen-bond acceptors (Lipinski definition) is 18. The largest absolute Gasteiger partial charge is 0.445 e. The van der Waals surface area contributed by atoms with Crippen molar-refractivity contribution in [2.24, 2.45) is 9.98 Å². The Kier molecular flexibility index (Phi) is 14.1. The molecule has 2 saturated heterocycles. The third-order valence-electron chi connectivity index (χ3n) is 11.0. The zero-order valence-corrected chi connectivity index (χ0v) is 35.6. The number of para-hydroxylation sites is 4. The minimum absolute atomic E-state index is 0.191. The van der Waals surface area contributed by atoms with E-state index in [-0.39, 0.29) is 12.3 Å². The molecule has 20 heteroatoms. The number of hydrogen-bond donors (Lipinski definition) is 2. The Hall–Kier alpha value is -6.80. The number of halogens is 2. The fourth-order valence-corrected chi connectivity index (χ4v) is 7.78. The second-order valence-corrected chi connectivity index (χ2v) is 15.4. The molecule has 0 bridgehead atoms. The highest BCUT2D eigenvalue weighted by molar-refractivity contribution is 5.97. The monoisotopic (exact) mass is 880 g/mol. The molecule has 0 aliphatic carbocycles. The van der Waals surface area contributed by atoms with Crippen LogP contribution in [-0.2, 0) is 19.1 Å². The van der Waals surface area contributed by atoms with Crippen LogP contribution in [0.2, 0.25) is 0 Å². The molecule has 4 aliphatic heterocycles. The van der Waals surface area contributed by atoms with Gasteiger partial charge in [-0.25, -0.2) is 48.3 Å². The van der Waals surface area contributed by atoms with Crippen LogP contribution in [0.25, 0.3) is 0 Å². The third kappa shape index (κ3) is 10.9. The minimum atomic E-state index is -1.25. The highest BCUT2D eigenvalue weighted by Gasteiger charge is 2.34. The molecule has 18 nitrogen and oxygen atoms in total. The topological polar surface area (TPSA) is 184 Å². The van der Waals surface area contributed by atoms with E-state index in [1.165, 1.54) is 0 Å². The Morgan fingerprint density at radius 2 is 1.02 bits per heavy atom. The zero-order valence-electron chi connectivity index (χ0n) is 35.6. The van der Waals surface area contributed by atoms with Crippen LogP contribution in [0.3, 0.4) is 0 Å². The van der Waals surface area contributed by atoms with Crippen molar-refractivity contribution in [2.45, 2.75) is 64.4 Å². The van der Waals surface area contributed by atoms with Gasteiger partial charge in [0.15, 0.2) is 23.3 Å². The Bertz CT molecular complexity index is 2160. The third-order valence-corrected chi connectivity index (χ3v) is 11.0. The van der Waals surface area contributed by atoms with Crippen LogP contribution in [0, 0.1) is 11.6 Å². The van der Waals surface area contributed by atoms with E-state index in [2.05, 4.69) is 54.2 Å². The fraction of sp³-hybridized carbons (Fsp3) is 0.409. The molecule has 4 aliphatic rings. The summed E-state index contributed by atoms with van der Waals surface area (Å²) in [7, 11) is 0. The van der Waals surface area contributed by atoms with Gasteiger partial charge in [0.1, 0.15) is 22.9 Å². The van der Waals surface area contributed by atoms with Crippen molar-refractivity contribution >= 4 is 46.9 Å². The van der Waals surface area contributed by atoms with E-state index in [1.54, 1.807) is 36.4 Å². The Morgan fingerprint density at radius 1 is 0.641 bits per heavy atom. The summed E-state index contributed by atoms with van der Waals surface area (Å²) in [4.78, 5) is 61.4. The van der Waals surface area contributed by atoms with E-state index < -0.39 is 36.2 Å². The number of aromatic nitrogens is 4. The van der Waals surface area contributed by atoms with Gasteiger partial charge in [0.2, 0.25) is 11.9 Å². The van der Waals surface area contributed by atoms with Crippen LogP contribution in [0.15, 0.2) is 95.5 Å². The van der Waals surface area contributed by atoms with Gasteiger partial charge >= 0.3 is 24.5 Å². The first-order valence-corrected chi connectivity index (χ1v) is 21.5. The molecule has 2 aromatic heterocycles. The summed E-state index contributed by atoms with van der Waals surface area (Å²) in [5, 5.41) is 6.95.